The van der Waals surface area contributed by atoms with E-state index in [0.717, 1.165) is 35.1 Å². The van der Waals surface area contributed by atoms with Gasteiger partial charge in [0.15, 0.2) is 5.82 Å². The molecule has 0 saturated carbocycles. The van der Waals surface area contributed by atoms with E-state index in [0.29, 0.717) is 27.4 Å². The van der Waals surface area contributed by atoms with Gasteiger partial charge in [-0.05, 0) is 61.9 Å². The van der Waals surface area contributed by atoms with Gasteiger partial charge >= 0.3 is 0 Å². The van der Waals surface area contributed by atoms with Gasteiger partial charge in [0.1, 0.15) is 0 Å². The lowest BCUT2D eigenvalue weighted by Gasteiger charge is -2.18. The van der Waals surface area contributed by atoms with Gasteiger partial charge in [0.05, 0.1) is 17.0 Å². The molecule has 0 unspecified atom stereocenters. The van der Waals surface area contributed by atoms with Gasteiger partial charge in [-0.25, -0.2) is 13.1 Å². The number of nitrogens with one attached hydrogen (secondary N) is 1. The first-order valence-corrected chi connectivity index (χ1v) is 13.8. The van der Waals surface area contributed by atoms with E-state index in [1.54, 1.807) is 54.6 Å². The second-order valence-electron chi connectivity index (χ2n) is 7.99. The molecule has 1 heterocycles. The van der Waals surface area contributed by atoms with Crippen molar-refractivity contribution in [3.8, 4) is 0 Å². The number of nitrogens with zero attached hydrogens (tertiary/aromatic N) is 3. The van der Waals surface area contributed by atoms with Crippen molar-refractivity contribution in [1.82, 2.24) is 14.5 Å². The monoisotopic (exact) mass is 550 g/mol. The van der Waals surface area contributed by atoms with E-state index in [4.69, 9.17) is 39.9 Å². The van der Waals surface area contributed by atoms with Crippen molar-refractivity contribution in [2.75, 3.05) is 18.0 Å². The summed E-state index contributed by atoms with van der Waals surface area (Å²) in [6.07, 6.45) is 0. The minimum Gasteiger partial charge on any atom is -0.355 e. The first kappa shape index (κ1) is 25.8. The average molecular weight is 552 g/mol. The predicted molar refractivity (Wildman–Crippen MR) is 144 cm³/mol. The zero-order valence-corrected chi connectivity index (χ0v) is 22.4. The number of benzene rings is 3. The van der Waals surface area contributed by atoms with E-state index in [9.17, 15) is 8.42 Å². The summed E-state index contributed by atoms with van der Waals surface area (Å²) in [5.41, 5.74) is 2.32. The van der Waals surface area contributed by atoms with Crippen LogP contribution < -0.4 is 9.62 Å². The van der Waals surface area contributed by atoms with Gasteiger partial charge in [0.2, 0.25) is 10.0 Å². The summed E-state index contributed by atoms with van der Waals surface area (Å²) in [5.74, 6) is 0.708. The van der Waals surface area contributed by atoms with Gasteiger partial charge in [-0.2, -0.15) is 5.10 Å². The summed E-state index contributed by atoms with van der Waals surface area (Å²) in [7, 11) is -3.77. The quantitative estimate of drug-likeness (QED) is 0.262. The van der Waals surface area contributed by atoms with Crippen molar-refractivity contribution < 1.29 is 8.42 Å². The van der Waals surface area contributed by atoms with Gasteiger partial charge < -0.3 is 4.90 Å². The van der Waals surface area contributed by atoms with Crippen LogP contribution in [0.1, 0.15) is 25.0 Å². The maximum atomic E-state index is 13.1. The number of sulfonamides is 1. The fraction of sp³-hybridized carbons (Fsp3) is 0.240. The molecule has 4 aromatic rings. The Balaban J connectivity index is 1.74. The molecule has 0 atom stereocenters. The number of hydrogen-bond acceptors (Lipinski definition) is 4. The van der Waals surface area contributed by atoms with Crippen LogP contribution in [-0.2, 0) is 23.1 Å². The third-order valence-corrected chi connectivity index (χ3v) is 8.14. The van der Waals surface area contributed by atoms with Crippen molar-refractivity contribution in [2.24, 2.45) is 0 Å². The molecule has 3 aromatic carbocycles. The molecule has 0 radical (unpaired) electrons. The van der Waals surface area contributed by atoms with Gasteiger partial charge in [-0.15, -0.1) is 0 Å². The number of halogens is 3. The summed E-state index contributed by atoms with van der Waals surface area (Å²) in [6.45, 7) is 6.00. The van der Waals surface area contributed by atoms with Crippen LogP contribution in [0.4, 0.5) is 5.82 Å². The molecule has 0 aliphatic heterocycles. The molecule has 0 amide bonds. The highest BCUT2D eigenvalue weighted by molar-refractivity contribution is 7.89. The molecule has 10 heteroatoms. The highest BCUT2D eigenvalue weighted by Gasteiger charge is 2.21. The Bertz CT molecular complexity index is 1450. The van der Waals surface area contributed by atoms with E-state index < -0.39 is 10.0 Å². The Morgan fingerprint density at radius 1 is 0.943 bits per heavy atom. The third kappa shape index (κ3) is 5.60. The summed E-state index contributed by atoms with van der Waals surface area (Å²) < 4.78 is 30.7. The predicted octanol–water partition coefficient (Wildman–Crippen LogP) is 6.37. The molecular weight excluding hydrogens is 527 g/mol. The maximum absolute atomic E-state index is 13.1. The van der Waals surface area contributed by atoms with Gasteiger partial charge in [0, 0.05) is 45.7 Å². The Labute approximate surface area is 220 Å². The summed E-state index contributed by atoms with van der Waals surface area (Å²) in [6, 6.07) is 17.5. The standard InChI is InChI=1S/C25H25Cl3N4O2S/c1-3-31(4-2)25-20-14-19(35(33,34)29-15-17-7-5-8-18(26)13-17)11-12-24(20)32(30-25)16-21-22(27)9-6-10-23(21)28/h5-14,29H,3-4,15-16H2,1-2H3. The number of aromatic nitrogens is 2. The van der Waals surface area contributed by atoms with Gasteiger partial charge in [-0.3, -0.25) is 4.68 Å². The lowest BCUT2D eigenvalue weighted by Crippen LogP contribution is -2.24. The highest BCUT2D eigenvalue weighted by Crippen LogP contribution is 2.32. The van der Waals surface area contributed by atoms with Crippen LogP contribution in [0.3, 0.4) is 0 Å². The molecule has 0 aliphatic rings. The number of fused-ring (bicyclic) bond motifs is 1. The molecular formula is C25H25Cl3N4O2S. The zero-order valence-electron chi connectivity index (χ0n) is 19.3. The summed E-state index contributed by atoms with van der Waals surface area (Å²) in [5, 5.41) is 7.22. The van der Waals surface area contributed by atoms with Gasteiger partial charge in [0.25, 0.3) is 0 Å². The van der Waals surface area contributed by atoms with Crippen LogP contribution >= 0.6 is 34.8 Å². The number of hydrogen-bond donors (Lipinski definition) is 1. The molecule has 0 fully saturated rings. The van der Waals surface area contributed by atoms with E-state index in [-0.39, 0.29) is 11.4 Å². The van der Waals surface area contributed by atoms with Crippen LogP contribution in [0.2, 0.25) is 15.1 Å². The summed E-state index contributed by atoms with van der Waals surface area (Å²) in [4.78, 5) is 2.25. The second-order valence-corrected chi connectivity index (χ2v) is 11.0. The van der Waals surface area contributed by atoms with Crippen molar-refractivity contribution in [3.63, 3.8) is 0 Å². The minimum absolute atomic E-state index is 0.133. The first-order chi connectivity index (χ1) is 16.7. The molecule has 0 bridgehead atoms. The molecule has 4 rings (SSSR count). The van der Waals surface area contributed by atoms with E-state index >= 15 is 0 Å². The van der Waals surface area contributed by atoms with E-state index in [1.807, 2.05) is 24.6 Å². The van der Waals surface area contributed by atoms with Crippen molar-refractivity contribution in [1.29, 1.82) is 0 Å². The Morgan fingerprint density at radius 2 is 1.63 bits per heavy atom. The number of anilines is 1. The second kappa shape index (κ2) is 10.8. The fourth-order valence-corrected chi connectivity index (χ4v) is 5.70. The average Bonchev–Trinajstić information content (AvgIpc) is 3.19. The maximum Gasteiger partial charge on any atom is 0.240 e. The third-order valence-electron chi connectivity index (χ3n) is 5.80. The molecule has 0 spiro atoms. The van der Waals surface area contributed by atoms with E-state index in [2.05, 4.69) is 9.62 Å². The molecule has 0 aliphatic carbocycles. The van der Waals surface area contributed by atoms with Crippen LogP contribution in [0.5, 0.6) is 0 Å². The lowest BCUT2D eigenvalue weighted by molar-refractivity contribution is 0.581. The van der Waals surface area contributed by atoms with E-state index in [1.165, 1.54) is 0 Å². The van der Waals surface area contributed by atoms with Crippen molar-refractivity contribution in [3.05, 3.63) is 86.9 Å². The van der Waals surface area contributed by atoms with Crippen LogP contribution in [0, 0.1) is 0 Å². The SMILES string of the molecule is CCN(CC)c1nn(Cc2c(Cl)cccc2Cl)c2ccc(S(=O)(=O)NCc3cccc(Cl)c3)cc12. The summed E-state index contributed by atoms with van der Waals surface area (Å²) >= 11 is 18.8. The van der Waals surface area contributed by atoms with Crippen LogP contribution in [-0.4, -0.2) is 31.3 Å². The van der Waals surface area contributed by atoms with Crippen LogP contribution in [0.25, 0.3) is 10.9 Å². The van der Waals surface area contributed by atoms with Crippen LogP contribution in [0.15, 0.2) is 65.6 Å². The highest BCUT2D eigenvalue weighted by atomic mass is 35.5. The Hall–Kier alpha value is -2.29. The molecule has 0 saturated heterocycles. The van der Waals surface area contributed by atoms with Crippen molar-refractivity contribution in [2.45, 2.75) is 31.8 Å². The number of rotatable bonds is 9. The van der Waals surface area contributed by atoms with Gasteiger partial charge in [-0.1, -0.05) is 53.0 Å². The largest absolute Gasteiger partial charge is 0.355 e. The molecule has 184 valence electrons. The molecule has 6 nitrogen and oxygen atoms in total. The normalized spacial score (nSPS) is 11.8. The lowest BCUT2D eigenvalue weighted by atomic mass is 10.2. The minimum atomic E-state index is -3.77. The Morgan fingerprint density at radius 3 is 2.29 bits per heavy atom. The molecule has 1 aromatic heterocycles. The van der Waals surface area contributed by atoms with Crippen molar-refractivity contribution >= 4 is 61.5 Å². The zero-order chi connectivity index (χ0) is 25.2. The fourth-order valence-electron chi connectivity index (χ4n) is 3.93. The molecule has 1 N–H and O–H groups in total. The first-order valence-electron chi connectivity index (χ1n) is 11.2. The molecule has 35 heavy (non-hydrogen) atoms. The topological polar surface area (TPSA) is 67.2 Å². The Kier molecular flexibility index (Phi) is 7.93. The smallest absolute Gasteiger partial charge is 0.240 e.